The highest BCUT2D eigenvalue weighted by Gasteiger charge is 2.48. The quantitative estimate of drug-likeness (QED) is 0.582. The van der Waals surface area contributed by atoms with Gasteiger partial charge in [-0.15, -0.1) is 0 Å². The zero-order valence-electron chi connectivity index (χ0n) is 18.0. The van der Waals surface area contributed by atoms with Crippen molar-refractivity contribution in [2.75, 3.05) is 6.61 Å². The first-order valence-corrected chi connectivity index (χ1v) is 10.8. The van der Waals surface area contributed by atoms with Crippen LogP contribution in [0.3, 0.4) is 0 Å². The molecule has 2 aromatic rings. The summed E-state index contributed by atoms with van der Waals surface area (Å²) in [5.74, 6) is 0.212. The SMILES string of the molecule is CC(C)=CCC[C@]1(C)Oc2cc(-c3ccccc3C(=O)O)ccc2[C@@H]2OCCC[C@H]21. The van der Waals surface area contributed by atoms with Crippen LogP contribution in [0.4, 0.5) is 0 Å². The molecule has 0 saturated carbocycles. The third kappa shape index (κ3) is 3.89. The van der Waals surface area contributed by atoms with Crippen molar-refractivity contribution in [2.45, 2.75) is 58.2 Å². The minimum absolute atomic E-state index is 0.0305. The predicted molar refractivity (Wildman–Crippen MR) is 118 cm³/mol. The Morgan fingerprint density at radius 3 is 2.80 bits per heavy atom. The molecule has 2 aliphatic rings. The molecule has 3 atom stereocenters. The summed E-state index contributed by atoms with van der Waals surface area (Å²) in [6.07, 6.45) is 6.35. The van der Waals surface area contributed by atoms with E-state index in [9.17, 15) is 9.90 Å². The fourth-order valence-electron chi connectivity index (χ4n) is 4.87. The van der Waals surface area contributed by atoms with Crippen molar-refractivity contribution in [3.8, 4) is 16.9 Å². The van der Waals surface area contributed by atoms with Crippen molar-refractivity contribution in [3.63, 3.8) is 0 Å². The molecule has 1 N–H and O–H groups in total. The molecule has 2 aromatic carbocycles. The number of hydrogen-bond donors (Lipinski definition) is 1. The lowest BCUT2D eigenvalue weighted by atomic mass is 9.73. The Hall–Kier alpha value is -2.59. The Kier molecular flexibility index (Phi) is 5.70. The molecule has 158 valence electrons. The van der Waals surface area contributed by atoms with Crippen LogP contribution in [0.1, 0.15) is 68.5 Å². The molecule has 0 aliphatic carbocycles. The molecule has 0 spiro atoms. The van der Waals surface area contributed by atoms with Crippen molar-refractivity contribution < 1.29 is 19.4 Å². The van der Waals surface area contributed by atoms with Crippen LogP contribution in [-0.2, 0) is 4.74 Å². The second-order valence-electron chi connectivity index (χ2n) is 8.88. The zero-order chi connectivity index (χ0) is 21.3. The molecule has 0 bridgehead atoms. The largest absolute Gasteiger partial charge is 0.487 e. The van der Waals surface area contributed by atoms with Crippen molar-refractivity contribution >= 4 is 5.97 Å². The van der Waals surface area contributed by atoms with Crippen LogP contribution in [0.5, 0.6) is 5.75 Å². The number of fused-ring (bicyclic) bond motifs is 3. The van der Waals surface area contributed by atoms with E-state index < -0.39 is 5.97 Å². The number of carboxylic acids is 1. The fourth-order valence-corrected chi connectivity index (χ4v) is 4.87. The third-order valence-electron chi connectivity index (χ3n) is 6.43. The van der Waals surface area contributed by atoms with E-state index in [0.717, 1.165) is 49.2 Å². The Labute approximate surface area is 178 Å². The van der Waals surface area contributed by atoms with Crippen molar-refractivity contribution in [1.82, 2.24) is 0 Å². The van der Waals surface area contributed by atoms with Gasteiger partial charge in [-0.05, 0) is 69.7 Å². The van der Waals surface area contributed by atoms with E-state index in [1.165, 1.54) is 5.57 Å². The smallest absolute Gasteiger partial charge is 0.336 e. The highest BCUT2D eigenvalue weighted by Crippen LogP contribution is 2.51. The fraction of sp³-hybridized carbons (Fsp3) is 0.423. The Balaban J connectivity index is 1.74. The molecule has 0 radical (unpaired) electrons. The first-order valence-electron chi connectivity index (χ1n) is 10.8. The highest BCUT2D eigenvalue weighted by molar-refractivity contribution is 5.96. The van der Waals surface area contributed by atoms with Gasteiger partial charge in [0.1, 0.15) is 11.4 Å². The molecular weight excluding hydrogens is 376 g/mol. The van der Waals surface area contributed by atoms with E-state index in [4.69, 9.17) is 9.47 Å². The van der Waals surface area contributed by atoms with Crippen LogP contribution < -0.4 is 4.74 Å². The summed E-state index contributed by atoms with van der Waals surface area (Å²) in [6, 6.07) is 13.1. The summed E-state index contributed by atoms with van der Waals surface area (Å²) in [6.45, 7) is 7.23. The number of rotatable bonds is 5. The molecule has 4 rings (SSSR count). The maximum Gasteiger partial charge on any atom is 0.336 e. The number of aromatic carboxylic acids is 1. The maximum absolute atomic E-state index is 11.7. The molecule has 2 heterocycles. The van der Waals surface area contributed by atoms with Gasteiger partial charge in [0.2, 0.25) is 0 Å². The average Bonchev–Trinajstić information content (AvgIpc) is 2.73. The van der Waals surface area contributed by atoms with Gasteiger partial charge in [0, 0.05) is 18.1 Å². The van der Waals surface area contributed by atoms with Gasteiger partial charge < -0.3 is 14.6 Å². The molecule has 2 aliphatic heterocycles. The summed E-state index contributed by atoms with van der Waals surface area (Å²) in [4.78, 5) is 11.7. The van der Waals surface area contributed by atoms with E-state index in [0.29, 0.717) is 17.0 Å². The Morgan fingerprint density at radius 1 is 1.23 bits per heavy atom. The normalized spacial score (nSPS) is 24.9. The summed E-state index contributed by atoms with van der Waals surface area (Å²) >= 11 is 0. The standard InChI is InChI=1S/C26H30O4/c1-17(2)8-6-14-26(3)22-11-7-15-29-24(22)21-13-12-18(16-23(21)30-26)19-9-4-5-10-20(19)25(27)28/h4-5,8-10,12-13,16,22,24H,6-7,11,14-15H2,1-3H3,(H,27,28)/t22-,24+,26+/m1/s1. The number of allylic oxidation sites excluding steroid dienone is 2. The van der Waals surface area contributed by atoms with Gasteiger partial charge in [0.15, 0.2) is 0 Å². The summed E-state index contributed by atoms with van der Waals surface area (Å²) in [5, 5.41) is 9.59. The van der Waals surface area contributed by atoms with E-state index in [1.54, 1.807) is 12.1 Å². The molecule has 4 nitrogen and oxygen atoms in total. The van der Waals surface area contributed by atoms with Crippen molar-refractivity contribution in [2.24, 2.45) is 5.92 Å². The monoisotopic (exact) mass is 406 g/mol. The third-order valence-corrected chi connectivity index (χ3v) is 6.43. The second kappa shape index (κ2) is 8.27. The molecular formula is C26H30O4. The number of benzene rings is 2. The van der Waals surface area contributed by atoms with E-state index in [2.05, 4.69) is 32.9 Å². The van der Waals surface area contributed by atoms with Gasteiger partial charge in [0.05, 0.1) is 11.7 Å². The van der Waals surface area contributed by atoms with Crippen LogP contribution in [0, 0.1) is 5.92 Å². The number of hydrogen-bond acceptors (Lipinski definition) is 3. The maximum atomic E-state index is 11.7. The van der Waals surface area contributed by atoms with Crippen LogP contribution in [0.2, 0.25) is 0 Å². The first kappa shape index (κ1) is 20.7. The van der Waals surface area contributed by atoms with Gasteiger partial charge in [0.25, 0.3) is 0 Å². The van der Waals surface area contributed by atoms with Gasteiger partial charge in [-0.2, -0.15) is 0 Å². The van der Waals surface area contributed by atoms with Crippen LogP contribution in [0.25, 0.3) is 11.1 Å². The highest BCUT2D eigenvalue weighted by atomic mass is 16.5. The van der Waals surface area contributed by atoms with Crippen molar-refractivity contribution in [3.05, 3.63) is 65.2 Å². The summed E-state index contributed by atoms with van der Waals surface area (Å²) in [5.41, 5.74) is 3.94. The summed E-state index contributed by atoms with van der Waals surface area (Å²) in [7, 11) is 0. The number of carbonyl (C=O) groups is 1. The Bertz CT molecular complexity index is 973. The Morgan fingerprint density at radius 2 is 2.03 bits per heavy atom. The molecule has 1 saturated heterocycles. The number of ether oxygens (including phenoxy) is 2. The minimum atomic E-state index is -0.925. The molecule has 0 unspecified atom stereocenters. The van der Waals surface area contributed by atoms with E-state index >= 15 is 0 Å². The summed E-state index contributed by atoms with van der Waals surface area (Å²) < 4.78 is 12.9. The van der Waals surface area contributed by atoms with Crippen LogP contribution in [-0.4, -0.2) is 23.3 Å². The van der Waals surface area contributed by atoms with Gasteiger partial charge in [-0.1, -0.05) is 42.0 Å². The second-order valence-corrected chi connectivity index (χ2v) is 8.88. The lowest BCUT2D eigenvalue weighted by Gasteiger charge is -2.48. The van der Waals surface area contributed by atoms with Gasteiger partial charge >= 0.3 is 5.97 Å². The van der Waals surface area contributed by atoms with Crippen LogP contribution >= 0.6 is 0 Å². The lowest BCUT2D eigenvalue weighted by Crippen LogP contribution is -2.49. The molecule has 0 amide bonds. The molecule has 0 aromatic heterocycles. The minimum Gasteiger partial charge on any atom is -0.487 e. The lowest BCUT2D eigenvalue weighted by molar-refractivity contribution is -0.126. The zero-order valence-corrected chi connectivity index (χ0v) is 18.0. The topological polar surface area (TPSA) is 55.8 Å². The van der Waals surface area contributed by atoms with E-state index in [-0.39, 0.29) is 11.7 Å². The molecule has 1 fully saturated rings. The van der Waals surface area contributed by atoms with Crippen LogP contribution in [0.15, 0.2) is 54.1 Å². The van der Waals surface area contributed by atoms with Gasteiger partial charge in [-0.25, -0.2) is 4.79 Å². The average molecular weight is 407 g/mol. The van der Waals surface area contributed by atoms with E-state index in [1.807, 2.05) is 24.3 Å². The number of carboxylic acid groups (broad SMARTS) is 1. The van der Waals surface area contributed by atoms with Gasteiger partial charge in [-0.3, -0.25) is 0 Å². The first-order chi connectivity index (χ1) is 14.4. The predicted octanol–water partition coefficient (Wildman–Crippen LogP) is 6.42. The molecule has 4 heteroatoms. The molecule has 30 heavy (non-hydrogen) atoms. The van der Waals surface area contributed by atoms with Crippen molar-refractivity contribution in [1.29, 1.82) is 0 Å².